The molecular formula is C16H27N. The third-order valence-corrected chi connectivity index (χ3v) is 3.42. The Bertz CT molecular complexity index is 313. The second-order valence-electron chi connectivity index (χ2n) is 4.64. The standard InChI is InChI=1S/C14H21N.C2H6/c1-3-12-6-5-7-14(8-12)11-15-9-13(4-2)10-15;1-2/h5-8,13H,3-4,9-11H2,1-2H3;1-2H3. The van der Waals surface area contributed by atoms with Crippen LogP contribution in [0.2, 0.25) is 0 Å². The summed E-state index contributed by atoms with van der Waals surface area (Å²) >= 11 is 0. The molecule has 0 radical (unpaired) electrons. The highest BCUT2D eigenvalue weighted by Gasteiger charge is 2.24. The van der Waals surface area contributed by atoms with Gasteiger partial charge in [0.15, 0.2) is 0 Å². The largest absolute Gasteiger partial charge is 0.298 e. The highest BCUT2D eigenvalue weighted by Crippen LogP contribution is 2.21. The average molecular weight is 233 g/mol. The Kier molecular flexibility index (Phi) is 6.28. The molecule has 96 valence electrons. The highest BCUT2D eigenvalue weighted by molar-refractivity contribution is 5.23. The summed E-state index contributed by atoms with van der Waals surface area (Å²) in [5, 5.41) is 0. The van der Waals surface area contributed by atoms with Crippen LogP contribution in [0.3, 0.4) is 0 Å². The average Bonchev–Trinajstić information content (AvgIpc) is 2.36. The van der Waals surface area contributed by atoms with E-state index >= 15 is 0 Å². The van der Waals surface area contributed by atoms with Crippen LogP contribution >= 0.6 is 0 Å². The van der Waals surface area contributed by atoms with Gasteiger partial charge in [0.05, 0.1) is 0 Å². The second kappa shape index (κ2) is 7.50. The number of hydrogen-bond acceptors (Lipinski definition) is 1. The van der Waals surface area contributed by atoms with Gasteiger partial charge in [-0.25, -0.2) is 0 Å². The molecule has 0 bridgehead atoms. The van der Waals surface area contributed by atoms with E-state index in [-0.39, 0.29) is 0 Å². The van der Waals surface area contributed by atoms with Crippen molar-refractivity contribution in [1.29, 1.82) is 0 Å². The van der Waals surface area contributed by atoms with Crippen molar-refractivity contribution in [3.8, 4) is 0 Å². The third-order valence-electron chi connectivity index (χ3n) is 3.42. The normalized spacial score (nSPS) is 16.0. The quantitative estimate of drug-likeness (QED) is 0.756. The van der Waals surface area contributed by atoms with Gasteiger partial charge in [-0.3, -0.25) is 4.90 Å². The lowest BCUT2D eigenvalue weighted by molar-refractivity contribution is 0.0899. The smallest absolute Gasteiger partial charge is 0.0234 e. The minimum atomic E-state index is 0.958. The SMILES string of the molecule is CC.CCc1cccc(CN2CC(CC)C2)c1. The van der Waals surface area contributed by atoms with Crippen molar-refractivity contribution in [3.05, 3.63) is 35.4 Å². The lowest BCUT2D eigenvalue weighted by Gasteiger charge is -2.38. The molecule has 1 saturated heterocycles. The molecule has 1 aromatic carbocycles. The molecule has 0 atom stereocenters. The van der Waals surface area contributed by atoms with Crippen molar-refractivity contribution in [2.24, 2.45) is 5.92 Å². The van der Waals surface area contributed by atoms with E-state index in [1.165, 1.54) is 30.6 Å². The summed E-state index contributed by atoms with van der Waals surface area (Å²) in [6.07, 6.45) is 2.48. The Labute approximate surface area is 107 Å². The van der Waals surface area contributed by atoms with Crippen molar-refractivity contribution in [3.63, 3.8) is 0 Å². The van der Waals surface area contributed by atoms with E-state index in [0.717, 1.165) is 18.9 Å². The van der Waals surface area contributed by atoms with E-state index in [9.17, 15) is 0 Å². The molecule has 0 spiro atoms. The molecule has 0 aliphatic carbocycles. The molecular weight excluding hydrogens is 206 g/mol. The molecule has 1 fully saturated rings. The zero-order valence-corrected chi connectivity index (χ0v) is 11.9. The van der Waals surface area contributed by atoms with Crippen LogP contribution in [-0.2, 0) is 13.0 Å². The van der Waals surface area contributed by atoms with Gasteiger partial charge in [-0.2, -0.15) is 0 Å². The molecule has 0 amide bonds. The van der Waals surface area contributed by atoms with E-state index in [1.54, 1.807) is 0 Å². The lowest BCUT2D eigenvalue weighted by atomic mass is 9.96. The van der Waals surface area contributed by atoms with Crippen LogP contribution in [0, 0.1) is 5.92 Å². The lowest BCUT2D eigenvalue weighted by Crippen LogP contribution is -2.45. The number of hydrogen-bond donors (Lipinski definition) is 0. The van der Waals surface area contributed by atoms with Gasteiger partial charge in [0, 0.05) is 19.6 Å². The summed E-state index contributed by atoms with van der Waals surface area (Å²) in [7, 11) is 0. The van der Waals surface area contributed by atoms with E-state index < -0.39 is 0 Å². The van der Waals surface area contributed by atoms with E-state index in [4.69, 9.17) is 0 Å². The van der Waals surface area contributed by atoms with Crippen LogP contribution in [0.4, 0.5) is 0 Å². The molecule has 0 unspecified atom stereocenters. The van der Waals surface area contributed by atoms with Crippen molar-refractivity contribution in [2.45, 2.75) is 47.1 Å². The molecule has 1 nitrogen and oxygen atoms in total. The minimum Gasteiger partial charge on any atom is -0.298 e. The Hall–Kier alpha value is -0.820. The topological polar surface area (TPSA) is 3.24 Å². The Morgan fingerprint density at radius 2 is 1.76 bits per heavy atom. The van der Waals surface area contributed by atoms with Gasteiger partial charge in [-0.05, 0) is 23.5 Å². The van der Waals surface area contributed by atoms with Gasteiger partial charge < -0.3 is 0 Å². The Balaban J connectivity index is 0.000000686. The maximum Gasteiger partial charge on any atom is 0.0234 e. The minimum absolute atomic E-state index is 0.958. The maximum absolute atomic E-state index is 2.54. The van der Waals surface area contributed by atoms with Crippen LogP contribution < -0.4 is 0 Å². The summed E-state index contributed by atoms with van der Waals surface area (Å²) in [6, 6.07) is 9.00. The fourth-order valence-electron chi connectivity index (χ4n) is 2.27. The second-order valence-corrected chi connectivity index (χ2v) is 4.64. The van der Waals surface area contributed by atoms with Crippen LogP contribution in [-0.4, -0.2) is 18.0 Å². The van der Waals surface area contributed by atoms with Crippen LogP contribution in [0.5, 0.6) is 0 Å². The number of likely N-dealkylation sites (tertiary alicyclic amines) is 1. The summed E-state index contributed by atoms with van der Waals surface area (Å²) < 4.78 is 0. The summed E-state index contributed by atoms with van der Waals surface area (Å²) in [4.78, 5) is 2.54. The third kappa shape index (κ3) is 4.16. The van der Waals surface area contributed by atoms with Crippen molar-refractivity contribution in [2.75, 3.05) is 13.1 Å². The van der Waals surface area contributed by atoms with Crippen molar-refractivity contribution < 1.29 is 0 Å². The van der Waals surface area contributed by atoms with E-state index in [2.05, 4.69) is 43.0 Å². The predicted octanol–water partition coefficient (Wildman–Crippen LogP) is 4.12. The predicted molar refractivity (Wildman–Crippen MR) is 76.2 cm³/mol. The van der Waals surface area contributed by atoms with Gasteiger partial charge in [-0.1, -0.05) is 58.4 Å². The fourth-order valence-corrected chi connectivity index (χ4v) is 2.27. The molecule has 2 rings (SSSR count). The van der Waals surface area contributed by atoms with E-state index in [1.807, 2.05) is 13.8 Å². The fraction of sp³-hybridized carbons (Fsp3) is 0.625. The molecule has 1 aromatic rings. The number of rotatable bonds is 4. The summed E-state index contributed by atoms with van der Waals surface area (Å²) in [6.45, 7) is 12.2. The Morgan fingerprint density at radius 3 is 2.35 bits per heavy atom. The van der Waals surface area contributed by atoms with Crippen molar-refractivity contribution in [1.82, 2.24) is 4.90 Å². The van der Waals surface area contributed by atoms with Gasteiger partial charge in [-0.15, -0.1) is 0 Å². The maximum atomic E-state index is 2.54. The van der Waals surface area contributed by atoms with Crippen LogP contribution in [0.15, 0.2) is 24.3 Å². The van der Waals surface area contributed by atoms with E-state index in [0.29, 0.717) is 0 Å². The van der Waals surface area contributed by atoms with Crippen LogP contribution in [0.25, 0.3) is 0 Å². The molecule has 0 aromatic heterocycles. The van der Waals surface area contributed by atoms with Crippen molar-refractivity contribution >= 4 is 0 Å². The Morgan fingerprint density at radius 1 is 1.12 bits per heavy atom. The first kappa shape index (κ1) is 14.2. The number of nitrogens with zero attached hydrogens (tertiary/aromatic N) is 1. The molecule has 1 aliphatic heterocycles. The van der Waals surface area contributed by atoms with Crippen LogP contribution in [0.1, 0.15) is 45.2 Å². The van der Waals surface area contributed by atoms with Gasteiger partial charge >= 0.3 is 0 Å². The van der Waals surface area contributed by atoms with Gasteiger partial charge in [0.1, 0.15) is 0 Å². The number of aryl methyl sites for hydroxylation is 1. The van der Waals surface area contributed by atoms with Gasteiger partial charge in [0.2, 0.25) is 0 Å². The molecule has 1 aliphatic rings. The molecule has 1 heteroatoms. The first-order chi connectivity index (χ1) is 8.31. The molecule has 0 N–H and O–H groups in total. The summed E-state index contributed by atoms with van der Waals surface area (Å²) in [5.41, 5.74) is 2.93. The van der Waals surface area contributed by atoms with Gasteiger partial charge in [0.25, 0.3) is 0 Å². The number of benzene rings is 1. The first-order valence-corrected chi connectivity index (χ1v) is 7.12. The zero-order chi connectivity index (χ0) is 12.7. The summed E-state index contributed by atoms with van der Waals surface area (Å²) in [5.74, 6) is 0.958. The molecule has 0 saturated carbocycles. The molecule has 1 heterocycles. The first-order valence-electron chi connectivity index (χ1n) is 7.12. The highest BCUT2D eigenvalue weighted by atomic mass is 15.2. The zero-order valence-electron chi connectivity index (χ0n) is 11.9. The molecule has 17 heavy (non-hydrogen) atoms. The monoisotopic (exact) mass is 233 g/mol.